The van der Waals surface area contributed by atoms with E-state index in [0.717, 1.165) is 49.6 Å². The Balaban J connectivity index is 1.51. The van der Waals surface area contributed by atoms with Gasteiger partial charge < -0.3 is 19.7 Å². The Kier molecular flexibility index (Phi) is 4.98. The average Bonchev–Trinajstić information content (AvgIpc) is 3.09. The van der Waals surface area contributed by atoms with Crippen LogP contribution in [0.4, 0.5) is 0 Å². The van der Waals surface area contributed by atoms with Gasteiger partial charge in [-0.2, -0.15) is 0 Å². The first kappa shape index (κ1) is 17.8. The molecule has 8 heteroatoms. The second-order valence-corrected chi connectivity index (χ2v) is 7.06. The van der Waals surface area contributed by atoms with Crippen molar-refractivity contribution in [3.63, 3.8) is 0 Å². The highest BCUT2D eigenvalue weighted by Crippen LogP contribution is 2.32. The topological polar surface area (TPSA) is 81.5 Å². The summed E-state index contributed by atoms with van der Waals surface area (Å²) in [7, 11) is 1.97. The third kappa shape index (κ3) is 3.49. The Morgan fingerprint density at radius 1 is 1.22 bits per heavy atom. The summed E-state index contributed by atoms with van der Waals surface area (Å²) in [6, 6.07) is 5.62. The van der Waals surface area contributed by atoms with E-state index in [1.165, 1.54) is 0 Å². The number of aromatic nitrogens is 3. The van der Waals surface area contributed by atoms with Crippen LogP contribution in [-0.2, 0) is 0 Å². The molecule has 1 aromatic carbocycles. The Morgan fingerprint density at radius 2 is 1.96 bits per heavy atom. The number of likely N-dealkylation sites (tertiary alicyclic amines) is 1. The van der Waals surface area contributed by atoms with Gasteiger partial charge in [-0.15, -0.1) is 5.10 Å². The van der Waals surface area contributed by atoms with Gasteiger partial charge in [0.05, 0.1) is 11.4 Å². The largest absolute Gasteiger partial charge is 0.486 e. The van der Waals surface area contributed by atoms with Crippen molar-refractivity contribution in [2.45, 2.75) is 19.8 Å². The van der Waals surface area contributed by atoms with Crippen LogP contribution in [0.15, 0.2) is 18.2 Å². The molecule has 8 nitrogen and oxygen atoms in total. The van der Waals surface area contributed by atoms with Gasteiger partial charge in [0.25, 0.3) is 5.91 Å². The van der Waals surface area contributed by atoms with E-state index in [9.17, 15) is 4.79 Å². The summed E-state index contributed by atoms with van der Waals surface area (Å²) >= 11 is 0. The quantitative estimate of drug-likeness (QED) is 0.875. The van der Waals surface area contributed by atoms with E-state index in [2.05, 4.69) is 15.6 Å². The summed E-state index contributed by atoms with van der Waals surface area (Å²) in [4.78, 5) is 14.8. The molecular formula is C19H25N5O3. The van der Waals surface area contributed by atoms with Crippen LogP contribution in [0.1, 0.15) is 29.0 Å². The molecule has 0 aliphatic carbocycles. The lowest BCUT2D eigenvalue weighted by atomic mass is 9.96. The van der Waals surface area contributed by atoms with Crippen molar-refractivity contribution >= 4 is 5.91 Å². The Hall–Kier alpha value is -2.61. The third-order valence-electron chi connectivity index (χ3n) is 5.26. The van der Waals surface area contributed by atoms with E-state index in [0.29, 0.717) is 30.6 Å². The molecular weight excluding hydrogens is 346 g/mol. The predicted octanol–water partition coefficient (Wildman–Crippen LogP) is 1.42. The molecule has 1 saturated heterocycles. The number of hydrogen-bond acceptors (Lipinski definition) is 6. The minimum atomic E-state index is -0.0424. The van der Waals surface area contributed by atoms with Crippen molar-refractivity contribution in [3.05, 3.63) is 29.6 Å². The molecule has 144 valence electrons. The second-order valence-electron chi connectivity index (χ2n) is 7.06. The zero-order valence-electron chi connectivity index (χ0n) is 15.8. The molecule has 2 aromatic rings. The summed E-state index contributed by atoms with van der Waals surface area (Å²) in [6.45, 7) is 5.49. The Labute approximate surface area is 158 Å². The van der Waals surface area contributed by atoms with Crippen LogP contribution < -0.4 is 14.8 Å². The summed E-state index contributed by atoms with van der Waals surface area (Å²) in [5.41, 5.74) is 1.95. The zero-order valence-corrected chi connectivity index (χ0v) is 15.8. The third-order valence-corrected chi connectivity index (χ3v) is 5.26. The lowest BCUT2D eigenvalue weighted by molar-refractivity contribution is 0.0684. The van der Waals surface area contributed by atoms with Gasteiger partial charge in [-0.1, -0.05) is 5.21 Å². The minimum absolute atomic E-state index is 0.0424. The molecule has 3 heterocycles. The predicted molar refractivity (Wildman–Crippen MR) is 99.6 cm³/mol. The van der Waals surface area contributed by atoms with Gasteiger partial charge in [0.2, 0.25) is 0 Å². The maximum absolute atomic E-state index is 12.9. The van der Waals surface area contributed by atoms with Gasteiger partial charge >= 0.3 is 0 Å². The van der Waals surface area contributed by atoms with Crippen LogP contribution in [-0.4, -0.2) is 65.7 Å². The van der Waals surface area contributed by atoms with Crippen LogP contribution >= 0.6 is 0 Å². The summed E-state index contributed by atoms with van der Waals surface area (Å²) < 4.78 is 12.9. The first-order valence-electron chi connectivity index (χ1n) is 9.43. The molecule has 4 rings (SSSR count). The fraction of sp³-hybridized carbons (Fsp3) is 0.526. The summed E-state index contributed by atoms with van der Waals surface area (Å²) in [5, 5.41) is 11.6. The number of rotatable bonds is 4. The van der Waals surface area contributed by atoms with Gasteiger partial charge in [0, 0.05) is 19.2 Å². The van der Waals surface area contributed by atoms with Crippen LogP contribution in [0.2, 0.25) is 0 Å². The van der Waals surface area contributed by atoms with Crippen molar-refractivity contribution in [1.82, 2.24) is 25.2 Å². The number of carbonyl (C=O) groups excluding carboxylic acids is 1. The van der Waals surface area contributed by atoms with Crippen LogP contribution in [0.5, 0.6) is 11.5 Å². The monoisotopic (exact) mass is 371 g/mol. The highest BCUT2D eigenvalue weighted by molar-refractivity contribution is 5.93. The molecule has 0 spiro atoms. The Morgan fingerprint density at radius 3 is 2.70 bits per heavy atom. The number of carbonyl (C=O) groups is 1. The SMILES string of the molecule is CNCC1CCN(C(=O)c2nnn(-c3ccc4c(c3)OCCO4)c2C)CC1. The number of amides is 1. The van der Waals surface area contributed by atoms with Crippen LogP contribution in [0, 0.1) is 12.8 Å². The fourth-order valence-corrected chi connectivity index (χ4v) is 3.71. The molecule has 2 aliphatic heterocycles. The zero-order chi connectivity index (χ0) is 18.8. The lowest BCUT2D eigenvalue weighted by Gasteiger charge is -2.31. The van der Waals surface area contributed by atoms with Gasteiger partial charge in [-0.3, -0.25) is 4.79 Å². The van der Waals surface area contributed by atoms with E-state index in [1.807, 2.05) is 37.1 Å². The number of fused-ring (bicyclic) bond motifs is 1. The molecule has 1 amide bonds. The number of nitrogens with one attached hydrogen (secondary N) is 1. The summed E-state index contributed by atoms with van der Waals surface area (Å²) in [6.07, 6.45) is 2.03. The number of nitrogens with zero attached hydrogens (tertiary/aromatic N) is 4. The van der Waals surface area contributed by atoms with Gasteiger partial charge in [0.1, 0.15) is 13.2 Å². The van der Waals surface area contributed by atoms with E-state index in [1.54, 1.807) is 4.68 Å². The number of ether oxygens (including phenoxy) is 2. The van der Waals surface area contributed by atoms with Gasteiger partial charge in [-0.25, -0.2) is 4.68 Å². The van der Waals surface area contributed by atoms with E-state index >= 15 is 0 Å². The normalized spacial score (nSPS) is 17.2. The molecule has 2 aliphatic rings. The number of hydrogen-bond donors (Lipinski definition) is 1. The van der Waals surface area contributed by atoms with E-state index < -0.39 is 0 Å². The fourth-order valence-electron chi connectivity index (χ4n) is 3.71. The maximum Gasteiger partial charge on any atom is 0.276 e. The van der Waals surface area contributed by atoms with Crippen LogP contribution in [0.25, 0.3) is 5.69 Å². The molecule has 0 radical (unpaired) electrons. The van der Waals surface area contributed by atoms with Crippen molar-refractivity contribution < 1.29 is 14.3 Å². The molecule has 1 N–H and O–H groups in total. The van der Waals surface area contributed by atoms with E-state index in [-0.39, 0.29) is 5.91 Å². The average molecular weight is 371 g/mol. The smallest absolute Gasteiger partial charge is 0.276 e. The molecule has 1 fully saturated rings. The van der Waals surface area contributed by atoms with Crippen molar-refractivity contribution in [2.75, 3.05) is 39.9 Å². The van der Waals surface area contributed by atoms with Crippen molar-refractivity contribution in [3.8, 4) is 17.2 Å². The van der Waals surface area contributed by atoms with E-state index in [4.69, 9.17) is 9.47 Å². The van der Waals surface area contributed by atoms with Crippen molar-refractivity contribution in [1.29, 1.82) is 0 Å². The Bertz CT molecular complexity index is 827. The molecule has 0 unspecified atom stereocenters. The van der Waals surface area contributed by atoms with Gasteiger partial charge in [-0.05, 0) is 51.4 Å². The minimum Gasteiger partial charge on any atom is -0.486 e. The van der Waals surface area contributed by atoms with Crippen molar-refractivity contribution in [2.24, 2.45) is 5.92 Å². The summed E-state index contributed by atoms with van der Waals surface area (Å²) in [5.74, 6) is 2.00. The standard InChI is InChI=1S/C19H25N5O3/c1-13-18(19(25)23-7-5-14(6-8-23)12-20-2)21-22-24(13)15-3-4-16-17(11-15)27-10-9-26-16/h3-4,11,14,20H,5-10,12H2,1-2H3. The first-order chi connectivity index (χ1) is 13.2. The molecule has 1 aromatic heterocycles. The molecule has 0 bridgehead atoms. The maximum atomic E-state index is 12.9. The van der Waals surface area contributed by atoms with Crippen LogP contribution in [0.3, 0.4) is 0 Å². The highest BCUT2D eigenvalue weighted by Gasteiger charge is 2.27. The first-order valence-corrected chi connectivity index (χ1v) is 9.43. The second kappa shape index (κ2) is 7.56. The lowest BCUT2D eigenvalue weighted by Crippen LogP contribution is -2.40. The molecule has 0 atom stereocenters. The number of benzene rings is 1. The van der Waals surface area contributed by atoms with Gasteiger partial charge in [0.15, 0.2) is 17.2 Å². The molecule has 0 saturated carbocycles. The molecule has 27 heavy (non-hydrogen) atoms. The highest BCUT2D eigenvalue weighted by atomic mass is 16.6. The number of piperidine rings is 1.